The van der Waals surface area contributed by atoms with Crippen LogP contribution in [0.5, 0.6) is 0 Å². The van der Waals surface area contributed by atoms with Gasteiger partial charge in [0.1, 0.15) is 12.2 Å². The normalized spacial score (nSPS) is 16.6. The van der Waals surface area contributed by atoms with E-state index in [9.17, 15) is 0 Å². The first kappa shape index (κ1) is 12.2. The van der Waals surface area contributed by atoms with Crippen molar-refractivity contribution in [3.8, 4) is 0 Å². The van der Waals surface area contributed by atoms with Crippen LogP contribution in [0, 0.1) is 0 Å². The molecule has 0 aliphatic heterocycles. The summed E-state index contributed by atoms with van der Waals surface area (Å²) < 4.78 is 2.27. The molecular weight excluding hydrogens is 236 g/mol. The molecule has 100 valence electrons. The molecule has 1 heterocycles. The van der Waals surface area contributed by atoms with Crippen molar-refractivity contribution in [1.29, 1.82) is 0 Å². The standard InChI is InChI=1S/C15H20N4/c16-13-6-4-5-12(9-13)10-15-18-17-11-19(15)14-7-2-1-3-8-14/h4-6,9,11,14H,1-3,7-8,10,16H2. The van der Waals surface area contributed by atoms with E-state index in [0.717, 1.165) is 17.9 Å². The fourth-order valence-corrected chi connectivity index (χ4v) is 2.94. The van der Waals surface area contributed by atoms with E-state index >= 15 is 0 Å². The fourth-order valence-electron chi connectivity index (χ4n) is 2.94. The van der Waals surface area contributed by atoms with Crippen molar-refractivity contribution in [2.45, 2.75) is 44.6 Å². The quantitative estimate of drug-likeness (QED) is 0.859. The number of benzene rings is 1. The molecule has 1 aromatic heterocycles. The Kier molecular flexibility index (Phi) is 3.49. The minimum Gasteiger partial charge on any atom is -0.399 e. The zero-order valence-corrected chi connectivity index (χ0v) is 11.1. The van der Waals surface area contributed by atoms with Gasteiger partial charge in [-0.2, -0.15) is 0 Å². The Hall–Kier alpha value is -1.84. The molecule has 0 bridgehead atoms. The Morgan fingerprint density at radius 1 is 1.21 bits per heavy atom. The molecule has 1 aliphatic carbocycles. The van der Waals surface area contributed by atoms with Gasteiger partial charge < -0.3 is 10.3 Å². The lowest BCUT2D eigenvalue weighted by Crippen LogP contribution is -2.15. The first-order valence-corrected chi connectivity index (χ1v) is 7.06. The van der Waals surface area contributed by atoms with E-state index in [1.54, 1.807) is 0 Å². The lowest BCUT2D eigenvalue weighted by Gasteiger charge is -2.24. The molecule has 0 spiro atoms. The van der Waals surface area contributed by atoms with Crippen LogP contribution in [-0.4, -0.2) is 14.8 Å². The Labute approximate surface area is 113 Å². The summed E-state index contributed by atoms with van der Waals surface area (Å²) in [6, 6.07) is 8.59. The van der Waals surface area contributed by atoms with Crippen LogP contribution >= 0.6 is 0 Å². The van der Waals surface area contributed by atoms with Gasteiger partial charge in [-0.1, -0.05) is 31.4 Å². The molecule has 1 aromatic carbocycles. The Bertz CT molecular complexity index is 541. The molecule has 2 N–H and O–H groups in total. The molecule has 0 saturated heterocycles. The van der Waals surface area contributed by atoms with Gasteiger partial charge in [0.05, 0.1) is 0 Å². The van der Waals surface area contributed by atoms with Gasteiger partial charge in [0, 0.05) is 18.2 Å². The van der Waals surface area contributed by atoms with Crippen LogP contribution in [0.25, 0.3) is 0 Å². The van der Waals surface area contributed by atoms with Gasteiger partial charge in [0.15, 0.2) is 0 Å². The minimum atomic E-state index is 0.583. The third kappa shape index (κ3) is 2.78. The highest BCUT2D eigenvalue weighted by atomic mass is 15.3. The van der Waals surface area contributed by atoms with Crippen molar-refractivity contribution >= 4 is 5.69 Å². The Balaban J connectivity index is 1.80. The van der Waals surface area contributed by atoms with Crippen LogP contribution in [0.2, 0.25) is 0 Å². The van der Waals surface area contributed by atoms with Gasteiger partial charge in [-0.05, 0) is 30.5 Å². The van der Waals surface area contributed by atoms with Gasteiger partial charge in [0.2, 0.25) is 0 Å². The maximum absolute atomic E-state index is 5.83. The summed E-state index contributed by atoms with van der Waals surface area (Å²) in [5.74, 6) is 1.05. The van der Waals surface area contributed by atoms with Crippen LogP contribution in [-0.2, 0) is 6.42 Å². The van der Waals surface area contributed by atoms with Gasteiger partial charge in [-0.3, -0.25) is 0 Å². The third-order valence-electron chi connectivity index (χ3n) is 3.93. The molecule has 1 saturated carbocycles. The number of anilines is 1. The number of rotatable bonds is 3. The van der Waals surface area contributed by atoms with Gasteiger partial charge in [0.25, 0.3) is 0 Å². The maximum Gasteiger partial charge on any atom is 0.137 e. The van der Waals surface area contributed by atoms with Crippen LogP contribution in [0.3, 0.4) is 0 Å². The number of hydrogen-bond acceptors (Lipinski definition) is 3. The number of nitrogens with two attached hydrogens (primary N) is 1. The molecule has 0 radical (unpaired) electrons. The van der Waals surface area contributed by atoms with Crippen molar-refractivity contribution in [3.63, 3.8) is 0 Å². The van der Waals surface area contributed by atoms with E-state index in [2.05, 4.69) is 20.8 Å². The summed E-state index contributed by atoms with van der Waals surface area (Å²) in [6.07, 6.45) is 9.20. The molecular formula is C15H20N4. The van der Waals surface area contributed by atoms with Gasteiger partial charge in [-0.15, -0.1) is 10.2 Å². The molecule has 0 unspecified atom stereocenters. The van der Waals surface area contributed by atoms with E-state index in [0.29, 0.717) is 6.04 Å². The predicted octanol–water partition coefficient (Wildman–Crippen LogP) is 2.96. The average Bonchev–Trinajstić information content (AvgIpc) is 2.88. The van der Waals surface area contributed by atoms with Crippen LogP contribution in [0.1, 0.15) is 49.5 Å². The van der Waals surface area contributed by atoms with E-state index in [-0.39, 0.29) is 0 Å². The zero-order valence-electron chi connectivity index (χ0n) is 11.1. The highest BCUT2D eigenvalue weighted by molar-refractivity contribution is 5.41. The summed E-state index contributed by atoms with van der Waals surface area (Å²) in [4.78, 5) is 0. The number of aromatic nitrogens is 3. The molecule has 2 aromatic rings. The molecule has 1 aliphatic rings. The van der Waals surface area contributed by atoms with E-state index < -0.39 is 0 Å². The number of hydrogen-bond donors (Lipinski definition) is 1. The van der Waals surface area contributed by atoms with Gasteiger partial charge >= 0.3 is 0 Å². The minimum absolute atomic E-state index is 0.583. The van der Waals surface area contributed by atoms with Crippen molar-refractivity contribution < 1.29 is 0 Å². The first-order valence-electron chi connectivity index (χ1n) is 7.06. The summed E-state index contributed by atoms with van der Waals surface area (Å²) in [5.41, 5.74) is 7.83. The molecule has 4 nitrogen and oxygen atoms in total. The zero-order chi connectivity index (χ0) is 13.1. The lowest BCUT2D eigenvalue weighted by atomic mass is 9.95. The van der Waals surface area contributed by atoms with Crippen molar-refractivity contribution in [3.05, 3.63) is 42.0 Å². The highest BCUT2D eigenvalue weighted by Crippen LogP contribution is 2.29. The molecule has 19 heavy (non-hydrogen) atoms. The summed E-state index contributed by atoms with van der Waals surface area (Å²) >= 11 is 0. The smallest absolute Gasteiger partial charge is 0.137 e. The van der Waals surface area contributed by atoms with Crippen molar-refractivity contribution in [2.24, 2.45) is 0 Å². The molecule has 3 rings (SSSR count). The van der Waals surface area contributed by atoms with Crippen LogP contribution < -0.4 is 5.73 Å². The monoisotopic (exact) mass is 256 g/mol. The number of nitrogens with zero attached hydrogens (tertiary/aromatic N) is 3. The fraction of sp³-hybridized carbons (Fsp3) is 0.467. The van der Waals surface area contributed by atoms with Gasteiger partial charge in [-0.25, -0.2) is 0 Å². The van der Waals surface area contributed by atoms with E-state index in [1.807, 2.05) is 24.5 Å². The second-order valence-corrected chi connectivity index (χ2v) is 5.37. The molecule has 0 amide bonds. The Morgan fingerprint density at radius 2 is 2.05 bits per heavy atom. The topological polar surface area (TPSA) is 56.7 Å². The van der Waals surface area contributed by atoms with Crippen LogP contribution in [0.15, 0.2) is 30.6 Å². The van der Waals surface area contributed by atoms with E-state index in [1.165, 1.54) is 37.7 Å². The Morgan fingerprint density at radius 3 is 2.84 bits per heavy atom. The van der Waals surface area contributed by atoms with Crippen molar-refractivity contribution in [1.82, 2.24) is 14.8 Å². The second kappa shape index (κ2) is 5.43. The highest BCUT2D eigenvalue weighted by Gasteiger charge is 2.18. The molecule has 0 atom stereocenters. The third-order valence-corrected chi connectivity index (χ3v) is 3.93. The molecule has 4 heteroatoms. The van der Waals surface area contributed by atoms with Crippen LogP contribution in [0.4, 0.5) is 5.69 Å². The average molecular weight is 256 g/mol. The summed E-state index contributed by atoms with van der Waals surface area (Å²) in [5, 5.41) is 8.39. The van der Waals surface area contributed by atoms with E-state index in [4.69, 9.17) is 5.73 Å². The SMILES string of the molecule is Nc1cccc(Cc2nncn2C2CCCCC2)c1. The van der Waals surface area contributed by atoms with Crippen molar-refractivity contribution in [2.75, 3.05) is 5.73 Å². The number of nitrogen functional groups attached to an aromatic ring is 1. The first-order chi connectivity index (χ1) is 9.33. The summed E-state index contributed by atoms with van der Waals surface area (Å²) in [6.45, 7) is 0. The largest absolute Gasteiger partial charge is 0.399 e. The second-order valence-electron chi connectivity index (χ2n) is 5.37. The summed E-state index contributed by atoms with van der Waals surface area (Å²) in [7, 11) is 0. The molecule has 1 fully saturated rings. The lowest BCUT2D eigenvalue weighted by molar-refractivity contribution is 0.346. The predicted molar refractivity (Wildman–Crippen MR) is 75.8 cm³/mol. The maximum atomic E-state index is 5.83.